The van der Waals surface area contributed by atoms with Gasteiger partial charge in [-0.1, -0.05) is 27.2 Å². The SMILES string of the molecule is CCNC(CC(C)CC)C(C)(C)OCC. The van der Waals surface area contributed by atoms with E-state index >= 15 is 0 Å². The first kappa shape index (κ1) is 14.9. The lowest BCUT2D eigenvalue weighted by molar-refractivity contribution is -0.0429. The lowest BCUT2D eigenvalue weighted by Crippen LogP contribution is -2.49. The zero-order valence-corrected chi connectivity index (χ0v) is 11.4. The van der Waals surface area contributed by atoms with Crippen LogP contribution < -0.4 is 5.32 Å². The predicted octanol–water partition coefficient (Wildman–Crippen LogP) is 3.22. The van der Waals surface area contributed by atoms with Crippen molar-refractivity contribution in [3.05, 3.63) is 0 Å². The van der Waals surface area contributed by atoms with Crippen LogP contribution >= 0.6 is 0 Å². The van der Waals surface area contributed by atoms with Gasteiger partial charge in [-0.2, -0.15) is 0 Å². The van der Waals surface area contributed by atoms with Gasteiger partial charge in [0, 0.05) is 12.6 Å². The minimum absolute atomic E-state index is 0.0613. The molecule has 0 amide bonds. The van der Waals surface area contributed by atoms with Gasteiger partial charge in [-0.3, -0.25) is 0 Å². The predicted molar refractivity (Wildman–Crippen MR) is 67.2 cm³/mol. The second-order valence-corrected chi connectivity index (χ2v) is 4.90. The van der Waals surface area contributed by atoms with E-state index in [1.165, 1.54) is 12.8 Å². The van der Waals surface area contributed by atoms with Crippen molar-refractivity contribution in [2.75, 3.05) is 13.2 Å². The molecule has 0 fully saturated rings. The van der Waals surface area contributed by atoms with Crippen molar-refractivity contribution in [1.29, 1.82) is 0 Å². The minimum atomic E-state index is -0.0613. The summed E-state index contributed by atoms with van der Waals surface area (Å²) in [7, 11) is 0. The van der Waals surface area contributed by atoms with Crippen LogP contribution in [0, 0.1) is 5.92 Å². The fourth-order valence-corrected chi connectivity index (χ4v) is 1.90. The van der Waals surface area contributed by atoms with Gasteiger partial charge in [0.15, 0.2) is 0 Å². The van der Waals surface area contributed by atoms with Gasteiger partial charge in [-0.05, 0) is 39.7 Å². The highest BCUT2D eigenvalue weighted by Crippen LogP contribution is 2.22. The number of nitrogens with one attached hydrogen (secondary N) is 1. The van der Waals surface area contributed by atoms with Crippen LogP contribution in [-0.4, -0.2) is 24.8 Å². The fraction of sp³-hybridized carbons (Fsp3) is 1.00. The first-order valence-corrected chi connectivity index (χ1v) is 6.35. The maximum Gasteiger partial charge on any atom is 0.0778 e. The summed E-state index contributed by atoms with van der Waals surface area (Å²) in [6.45, 7) is 15.0. The van der Waals surface area contributed by atoms with Crippen molar-refractivity contribution in [1.82, 2.24) is 5.32 Å². The Labute approximate surface area is 95.8 Å². The Morgan fingerprint density at radius 3 is 2.20 bits per heavy atom. The number of likely N-dealkylation sites (N-methyl/N-ethyl adjacent to an activating group) is 1. The average Bonchev–Trinajstić information content (AvgIpc) is 2.16. The summed E-state index contributed by atoms with van der Waals surface area (Å²) < 4.78 is 5.83. The molecule has 2 heteroatoms. The van der Waals surface area contributed by atoms with E-state index in [0.29, 0.717) is 6.04 Å². The van der Waals surface area contributed by atoms with Crippen molar-refractivity contribution >= 4 is 0 Å². The summed E-state index contributed by atoms with van der Waals surface area (Å²) in [5.41, 5.74) is -0.0613. The molecule has 0 heterocycles. The van der Waals surface area contributed by atoms with E-state index in [0.717, 1.165) is 19.1 Å². The molecule has 0 aromatic rings. The maximum atomic E-state index is 5.83. The van der Waals surface area contributed by atoms with E-state index in [-0.39, 0.29) is 5.60 Å². The molecule has 92 valence electrons. The van der Waals surface area contributed by atoms with Gasteiger partial charge in [0.1, 0.15) is 0 Å². The van der Waals surface area contributed by atoms with Gasteiger partial charge in [-0.25, -0.2) is 0 Å². The van der Waals surface area contributed by atoms with Gasteiger partial charge < -0.3 is 10.1 Å². The summed E-state index contributed by atoms with van der Waals surface area (Å²) in [6.07, 6.45) is 2.43. The summed E-state index contributed by atoms with van der Waals surface area (Å²) in [6, 6.07) is 0.456. The van der Waals surface area contributed by atoms with Crippen LogP contribution in [0.1, 0.15) is 54.4 Å². The van der Waals surface area contributed by atoms with Crippen molar-refractivity contribution in [3.8, 4) is 0 Å². The molecule has 1 N–H and O–H groups in total. The van der Waals surface area contributed by atoms with Crippen LogP contribution in [0.5, 0.6) is 0 Å². The average molecular weight is 215 g/mol. The van der Waals surface area contributed by atoms with E-state index in [2.05, 4.69) is 46.9 Å². The van der Waals surface area contributed by atoms with Crippen LogP contribution in [0.25, 0.3) is 0 Å². The van der Waals surface area contributed by atoms with Crippen LogP contribution in [0.4, 0.5) is 0 Å². The molecule has 0 aliphatic rings. The van der Waals surface area contributed by atoms with Gasteiger partial charge in [0.05, 0.1) is 5.60 Å². The number of hydrogen-bond donors (Lipinski definition) is 1. The van der Waals surface area contributed by atoms with Gasteiger partial charge in [-0.15, -0.1) is 0 Å². The van der Waals surface area contributed by atoms with Crippen LogP contribution in [0.3, 0.4) is 0 Å². The van der Waals surface area contributed by atoms with E-state index in [9.17, 15) is 0 Å². The molecular formula is C13H29NO. The molecule has 0 aliphatic heterocycles. The first-order chi connectivity index (χ1) is 6.97. The molecule has 0 bridgehead atoms. The molecule has 0 saturated heterocycles. The zero-order valence-electron chi connectivity index (χ0n) is 11.4. The summed E-state index contributed by atoms with van der Waals surface area (Å²) in [5.74, 6) is 0.758. The van der Waals surface area contributed by atoms with Crippen molar-refractivity contribution in [2.45, 2.75) is 66.0 Å². The molecule has 0 rings (SSSR count). The second-order valence-electron chi connectivity index (χ2n) is 4.90. The maximum absolute atomic E-state index is 5.83. The molecular weight excluding hydrogens is 186 g/mol. The number of rotatable bonds is 8. The molecule has 0 aromatic carbocycles. The zero-order chi connectivity index (χ0) is 11.9. The molecule has 2 nitrogen and oxygen atoms in total. The number of ether oxygens (including phenoxy) is 1. The highest BCUT2D eigenvalue weighted by atomic mass is 16.5. The lowest BCUT2D eigenvalue weighted by Gasteiger charge is -2.36. The van der Waals surface area contributed by atoms with Crippen LogP contribution in [0.2, 0.25) is 0 Å². The lowest BCUT2D eigenvalue weighted by atomic mass is 9.88. The third kappa shape index (κ3) is 5.53. The molecule has 2 atom stereocenters. The van der Waals surface area contributed by atoms with Gasteiger partial charge >= 0.3 is 0 Å². The topological polar surface area (TPSA) is 21.3 Å². The van der Waals surface area contributed by atoms with Crippen LogP contribution in [0.15, 0.2) is 0 Å². The van der Waals surface area contributed by atoms with E-state index in [1.807, 2.05) is 0 Å². The Balaban J connectivity index is 4.35. The molecule has 0 radical (unpaired) electrons. The highest BCUT2D eigenvalue weighted by molar-refractivity contribution is 4.86. The monoisotopic (exact) mass is 215 g/mol. The molecule has 0 aliphatic carbocycles. The highest BCUT2D eigenvalue weighted by Gasteiger charge is 2.30. The molecule has 0 saturated carbocycles. The Morgan fingerprint density at radius 1 is 1.20 bits per heavy atom. The Morgan fingerprint density at radius 2 is 1.80 bits per heavy atom. The molecule has 0 spiro atoms. The van der Waals surface area contributed by atoms with Crippen molar-refractivity contribution in [3.63, 3.8) is 0 Å². The molecule has 0 aromatic heterocycles. The largest absolute Gasteiger partial charge is 0.374 e. The van der Waals surface area contributed by atoms with Crippen molar-refractivity contribution in [2.24, 2.45) is 5.92 Å². The first-order valence-electron chi connectivity index (χ1n) is 6.35. The summed E-state index contributed by atoms with van der Waals surface area (Å²) in [4.78, 5) is 0. The van der Waals surface area contributed by atoms with Gasteiger partial charge in [0.25, 0.3) is 0 Å². The smallest absolute Gasteiger partial charge is 0.0778 e. The third-order valence-corrected chi connectivity index (χ3v) is 3.14. The Kier molecular flexibility index (Phi) is 7.20. The van der Waals surface area contributed by atoms with Gasteiger partial charge in [0.2, 0.25) is 0 Å². The fourth-order valence-electron chi connectivity index (χ4n) is 1.90. The second kappa shape index (κ2) is 7.24. The normalized spacial score (nSPS) is 16.4. The van der Waals surface area contributed by atoms with Crippen LogP contribution in [-0.2, 0) is 4.74 Å². The molecule has 15 heavy (non-hydrogen) atoms. The van der Waals surface area contributed by atoms with E-state index in [4.69, 9.17) is 4.74 Å². The van der Waals surface area contributed by atoms with E-state index < -0.39 is 0 Å². The third-order valence-electron chi connectivity index (χ3n) is 3.14. The quantitative estimate of drug-likeness (QED) is 0.671. The summed E-state index contributed by atoms with van der Waals surface area (Å²) in [5, 5.41) is 3.55. The Bertz CT molecular complexity index is 157. The number of hydrogen-bond acceptors (Lipinski definition) is 2. The molecule has 2 unspecified atom stereocenters. The standard InChI is InChI=1S/C13H29NO/c1-7-11(4)10-12(14-8-2)13(5,6)15-9-3/h11-12,14H,7-10H2,1-6H3. The minimum Gasteiger partial charge on any atom is -0.374 e. The summed E-state index contributed by atoms with van der Waals surface area (Å²) >= 11 is 0. The van der Waals surface area contributed by atoms with Crippen molar-refractivity contribution < 1.29 is 4.74 Å². The van der Waals surface area contributed by atoms with E-state index in [1.54, 1.807) is 0 Å². The Hall–Kier alpha value is -0.0800.